The molecule has 0 aliphatic heterocycles. The van der Waals surface area contributed by atoms with Crippen molar-refractivity contribution in [3.63, 3.8) is 0 Å². The molecule has 0 radical (unpaired) electrons. The Bertz CT molecular complexity index is 803. The van der Waals surface area contributed by atoms with Crippen molar-refractivity contribution in [1.29, 1.82) is 0 Å². The standard InChI is InChI=1S/C26H40N2O2/c1-17-14-27-28(15-17)16-24(30)23-6-4-5-21-20-8-7-18-13-19(29)9-11-25(18,2)22(20)10-12-26(21,23)3/h14-15,18-23,29H,4-13,16H2,1-3H3/t18-,19+,20-,21-,22-,23+,25-,26-/m0/s1. The molecule has 4 aliphatic carbocycles. The molecule has 4 fully saturated rings. The van der Waals surface area contributed by atoms with Gasteiger partial charge in [0.2, 0.25) is 0 Å². The fourth-order valence-electron chi connectivity index (χ4n) is 8.78. The van der Waals surface area contributed by atoms with Gasteiger partial charge in [-0.15, -0.1) is 0 Å². The van der Waals surface area contributed by atoms with Crippen LogP contribution in [0.4, 0.5) is 0 Å². The highest BCUT2D eigenvalue weighted by Crippen LogP contribution is 2.66. The van der Waals surface area contributed by atoms with Crippen LogP contribution < -0.4 is 0 Å². The first-order valence-corrected chi connectivity index (χ1v) is 12.5. The molecular weight excluding hydrogens is 372 g/mol. The van der Waals surface area contributed by atoms with Crippen molar-refractivity contribution in [3.8, 4) is 0 Å². The van der Waals surface area contributed by atoms with Crippen molar-refractivity contribution < 1.29 is 9.90 Å². The van der Waals surface area contributed by atoms with Gasteiger partial charge in [-0.1, -0.05) is 20.3 Å². The van der Waals surface area contributed by atoms with Gasteiger partial charge in [0.1, 0.15) is 0 Å². The van der Waals surface area contributed by atoms with Gasteiger partial charge in [-0.05, 0) is 105 Å². The van der Waals surface area contributed by atoms with Gasteiger partial charge in [-0.3, -0.25) is 9.48 Å². The minimum absolute atomic E-state index is 0.0731. The number of Topliss-reactive ketones (excluding diaryl/α,β-unsaturated/α-hetero) is 1. The minimum Gasteiger partial charge on any atom is -0.393 e. The van der Waals surface area contributed by atoms with Crippen molar-refractivity contribution in [2.24, 2.45) is 40.4 Å². The molecule has 0 unspecified atom stereocenters. The zero-order chi connectivity index (χ0) is 21.1. The van der Waals surface area contributed by atoms with Crippen molar-refractivity contribution in [1.82, 2.24) is 9.78 Å². The zero-order valence-corrected chi connectivity index (χ0v) is 19.1. The summed E-state index contributed by atoms with van der Waals surface area (Å²) in [6.45, 7) is 7.48. The molecule has 8 atom stereocenters. The van der Waals surface area contributed by atoms with Crippen molar-refractivity contribution in [2.45, 2.75) is 97.6 Å². The fraction of sp³-hybridized carbons (Fsp3) is 0.846. The molecule has 1 N–H and O–H groups in total. The number of ketones is 1. The molecule has 0 bridgehead atoms. The van der Waals surface area contributed by atoms with Crippen LogP contribution >= 0.6 is 0 Å². The second kappa shape index (κ2) is 7.46. The van der Waals surface area contributed by atoms with E-state index in [1.807, 2.05) is 24.0 Å². The molecule has 5 rings (SSSR count). The van der Waals surface area contributed by atoms with Crippen LogP contribution in [0.2, 0.25) is 0 Å². The molecule has 1 aromatic rings. The maximum Gasteiger partial charge on any atom is 0.157 e. The van der Waals surface area contributed by atoms with Crippen LogP contribution in [-0.2, 0) is 11.3 Å². The van der Waals surface area contributed by atoms with E-state index in [0.717, 1.165) is 36.7 Å². The first kappa shape index (κ1) is 20.7. The summed E-state index contributed by atoms with van der Waals surface area (Å²) in [5.41, 5.74) is 1.70. The van der Waals surface area contributed by atoms with E-state index >= 15 is 0 Å². The predicted octanol–water partition coefficient (Wildman–Crippen LogP) is 5.17. The number of hydrogen-bond acceptors (Lipinski definition) is 3. The number of fused-ring (bicyclic) bond motifs is 5. The molecule has 1 heterocycles. The molecule has 30 heavy (non-hydrogen) atoms. The zero-order valence-electron chi connectivity index (χ0n) is 19.1. The highest BCUT2D eigenvalue weighted by molar-refractivity contribution is 5.81. The number of nitrogens with zero attached hydrogens (tertiary/aromatic N) is 2. The lowest BCUT2D eigenvalue weighted by Crippen LogP contribution is -2.57. The van der Waals surface area contributed by atoms with Gasteiger partial charge in [0.25, 0.3) is 0 Å². The van der Waals surface area contributed by atoms with E-state index in [-0.39, 0.29) is 17.4 Å². The first-order chi connectivity index (χ1) is 14.3. The molecule has 4 heteroatoms. The largest absolute Gasteiger partial charge is 0.393 e. The van der Waals surface area contributed by atoms with E-state index in [9.17, 15) is 9.90 Å². The monoisotopic (exact) mass is 412 g/mol. The first-order valence-electron chi connectivity index (χ1n) is 12.5. The molecule has 4 aliphatic rings. The van der Waals surface area contributed by atoms with Crippen LogP contribution in [0.1, 0.15) is 83.6 Å². The van der Waals surface area contributed by atoms with Gasteiger partial charge in [0.05, 0.1) is 18.8 Å². The average Bonchev–Trinajstić information content (AvgIpc) is 3.11. The lowest BCUT2D eigenvalue weighted by molar-refractivity contribution is -0.160. The Morgan fingerprint density at radius 3 is 2.63 bits per heavy atom. The number of rotatable bonds is 3. The van der Waals surface area contributed by atoms with E-state index in [2.05, 4.69) is 18.9 Å². The van der Waals surface area contributed by atoms with Crippen LogP contribution in [-0.4, -0.2) is 26.8 Å². The van der Waals surface area contributed by atoms with Crippen LogP contribution in [0, 0.1) is 47.3 Å². The summed E-state index contributed by atoms with van der Waals surface area (Å²) in [7, 11) is 0. The third-order valence-corrected chi connectivity index (χ3v) is 10.3. The summed E-state index contributed by atoms with van der Waals surface area (Å²) >= 11 is 0. The normalized spacial score (nSPS) is 45.9. The van der Waals surface area contributed by atoms with Crippen molar-refractivity contribution in [2.75, 3.05) is 0 Å². The molecule has 4 nitrogen and oxygen atoms in total. The molecule has 0 spiro atoms. The summed E-state index contributed by atoms with van der Waals surface area (Å²) in [5.74, 6) is 3.58. The van der Waals surface area contributed by atoms with Gasteiger partial charge < -0.3 is 5.11 Å². The highest BCUT2D eigenvalue weighted by Gasteiger charge is 2.59. The van der Waals surface area contributed by atoms with E-state index in [0.29, 0.717) is 29.6 Å². The van der Waals surface area contributed by atoms with Crippen LogP contribution in [0.25, 0.3) is 0 Å². The molecule has 0 aromatic carbocycles. The third-order valence-electron chi connectivity index (χ3n) is 10.3. The van der Waals surface area contributed by atoms with Gasteiger partial charge >= 0.3 is 0 Å². The molecule has 0 saturated heterocycles. The number of aryl methyl sites for hydroxylation is 1. The number of hydrogen-bond donors (Lipinski definition) is 1. The van der Waals surface area contributed by atoms with Gasteiger partial charge in [-0.25, -0.2) is 0 Å². The Labute approximate surface area is 181 Å². The number of aliphatic hydroxyl groups is 1. The van der Waals surface area contributed by atoms with Crippen LogP contribution in [0.3, 0.4) is 0 Å². The van der Waals surface area contributed by atoms with Crippen LogP contribution in [0.5, 0.6) is 0 Å². The lowest BCUT2D eigenvalue weighted by Gasteiger charge is -2.63. The Morgan fingerprint density at radius 2 is 1.87 bits per heavy atom. The summed E-state index contributed by atoms with van der Waals surface area (Å²) in [5, 5.41) is 14.6. The van der Waals surface area contributed by atoms with Crippen molar-refractivity contribution in [3.05, 3.63) is 18.0 Å². The summed E-state index contributed by atoms with van der Waals surface area (Å²) < 4.78 is 1.84. The van der Waals surface area contributed by atoms with Gasteiger partial charge in [0, 0.05) is 12.1 Å². The summed E-state index contributed by atoms with van der Waals surface area (Å²) in [6, 6.07) is 0. The van der Waals surface area contributed by atoms with Gasteiger partial charge in [0.15, 0.2) is 5.78 Å². The smallest absolute Gasteiger partial charge is 0.157 e. The van der Waals surface area contributed by atoms with E-state index in [4.69, 9.17) is 0 Å². The lowest BCUT2D eigenvalue weighted by atomic mass is 9.41. The van der Waals surface area contributed by atoms with E-state index in [1.165, 1.54) is 44.9 Å². The fourth-order valence-corrected chi connectivity index (χ4v) is 8.78. The number of aromatic nitrogens is 2. The highest BCUT2D eigenvalue weighted by atomic mass is 16.3. The Balaban J connectivity index is 1.37. The molecule has 1 aromatic heterocycles. The summed E-state index contributed by atoms with van der Waals surface area (Å²) in [6.07, 6.45) is 15.7. The summed E-state index contributed by atoms with van der Waals surface area (Å²) in [4.78, 5) is 13.4. The Kier molecular flexibility index (Phi) is 5.16. The average molecular weight is 413 g/mol. The topological polar surface area (TPSA) is 55.1 Å². The molecule has 4 saturated carbocycles. The number of carbonyl (C=O) groups excluding carboxylic acids is 1. The Hall–Kier alpha value is -1.16. The van der Waals surface area contributed by atoms with E-state index < -0.39 is 0 Å². The molecule has 166 valence electrons. The van der Waals surface area contributed by atoms with Crippen molar-refractivity contribution >= 4 is 5.78 Å². The number of carbonyl (C=O) groups is 1. The second-order valence-corrected chi connectivity index (χ2v) is 11.8. The second-order valence-electron chi connectivity index (χ2n) is 11.8. The van der Waals surface area contributed by atoms with E-state index in [1.54, 1.807) is 0 Å². The third kappa shape index (κ3) is 3.20. The predicted molar refractivity (Wildman–Crippen MR) is 118 cm³/mol. The molecular formula is C26H40N2O2. The van der Waals surface area contributed by atoms with Crippen LogP contribution in [0.15, 0.2) is 12.4 Å². The molecule has 0 amide bonds. The quantitative estimate of drug-likeness (QED) is 0.745. The Morgan fingerprint density at radius 1 is 1.10 bits per heavy atom. The van der Waals surface area contributed by atoms with Gasteiger partial charge in [-0.2, -0.15) is 5.10 Å². The SMILES string of the molecule is Cc1cnn(CC(=O)[C@H]2CCC[C@H]3[C@@H]4CC[C@H]5C[C@H](O)CC[C@]5(C)[C@H]4CC[C@]23C)c1. The number of aliphatic hydroxyl groups excluding tert-OH is 1. The minimum atomic E-state index is -0.0731. The maximum absolute atomic E-state index is 13.4. The maximum atomic E-state index is 13.4.